The number of rotatable bonds is 0. The average molecular weight is 125 g/mol. The molecule has 1 N–H and O–H groups in total. The van der Waals surface area contributed by atoms with Crippen LogP contribution in [-0.4, -0.2) is 10.9 Å². The van der Waals surface area contributed by atoms with E-state index in [0.29, 0.717) is 5.92 Å². The molecular weight excluding hydrogens is 114 g/mol. The third-order valence-corrected chi connectivity index (χ3v) is 2.64. The lowest BCUT2D eigenvalue weighted by Crippen LogP contribution is -2.08. The van der Waals surface area contributed by atoms with Gasteiger partial charge in [0, 0.05) is 5.92 Å². The molecule has 0 amide bonds. The molecule has 2 aliphatic rings. The van der Waals surface area contributed by atoms with E-state index in [1.165, 1.54) is 19.3 Å². The van der Waals surface area contributed by atoms with E-state index >= 15 is 0 Å². The van der Waals surface area contributed by atoms with Crippen LogP contribution in [0.25, 0.3) is 0 Å². The average Bonchev–Trinajstić information content (AvgIpc) is 2.45. The maximum Gasteiger partial charge on any atom is 0.0604 e. The Morgan fingerprint density at radius 1 is 1.44 bits per heavy atom. The summed E-state index contributed by atoms with van der Waals surface area (Å²) in [6.45, 7) is 0. The Kier molecular flexibility index (Phi) is 1.01. The topological polar surface area (TPSA) is 32.6 Å². The summed E-state index contributed by atoms with van der Waals surface area (Å²) in [5.41, 5.74) is 1.06. The second-order valence-corrected chi connectivity index (χ2v) is 3.17. The van der Waals surface area contributed by atoms with Crippen LogP contribution in [0, 0.1) is 11.8 Å². The van der Waals surface area contributed by atoms with Crippen molar-refractivity contribution in [1.82, 2.24) is 0 Å². The second-order valence-electron chi connectivity index (χ2n) is 3.17. The van der Waals surface area contributed by atoms with Gasteiger partial charge < -0.3 is 5.21 Å². The molecule has 2 fully saturated rings. The molecule has 0 aromatic carbocycles. The summed E-state index contributed by atoms with van der Waals surface area (Å²) in [5, 5.41) is 11.8. The Labute approximate surface area is 54.6 Å². The van der Waals surface area contributed by atoms with Gasteiger partial charge in [0.25, 0.3) is 0 Å². The van der Waals surface area contributed by atoms with Crippen molar-refractivity contribution >= 4 is 5.71 Å². The van der Waals surface area contributed by atoms with Gasteiger partial charge in [-0.05, 0) is 31.6 Å². The van der Waals surface area contributed by atoms with Crippen molar-refractivity contribution in [2.45, 2.75) is 25.7 Å². The fourth-order valence-corrected chi connectivity index (χ4v) is 2.15. The molecular formula is C7H11NO. The van der Waals surface area contributed by atoms with Crippen LogP contribution in [0.15, 0.2) is 5.16 Å². The summed E-state index contributed by atoms with van der Waals surface area (Å²) in [6.07, 6.45) is 4.99. The zero-order valence-corrected chi connectivity index (χ0v) is 5.38. The molecule has 2 unspecified atom stereocenters. The summed E-state index contributed by atoms with van der Waals surface area (Å²) in [7, 11) is 0. The number of fused-ring (bicyclic) bond motifs is 2. The molecule has 2 rings (SSSR count). The molecule has 0 radical (unpaired) electrons. The van der Waals surface area contributed by atoms with E-state index in [0.717, 1.165) is 18.1 Å². The third-order valence-electron chi connectivity index (χ3n) is 2.64. The predicted molar refractivity (Wildman–Crippen MR) is 34.7 cm³/mol. The molecule has 0 aliphatic heterocycles. The minimum Gasteiger partial charge on any atom is -0.411 e. The predicted octanol–water partition coefficient (Wildman–Crippen LogP) is 1.64. The maximum absolute atomic E-state index is 8.48. The molecule has 0 aromatic heterocycles. The first kappa shape index (κ1) is 5.27. The largest absolute Gasteiger partial charge is 0.411 e. The van der Waals surface area contributed by atoms with E-state index in [1.54, 1.807) is 0 Å². The summed E-state index contributed by atoms with van der Waals surface area (Å²) >= 11 is 0. The first-order valence-electron chi connectivity index (χ1n) is 3.61. The molecule has 2 saturated carbocycles. The van der Waals surface area contributed by atoms with Gasteiger partial charge in [-0.25, -0.2) is 0 Å². The summed E-state index contributed by atoms with van der Waals surface area (Å²) in [4.78, 5) is 0. The van der Waals surface area contributed by atoms with Gasteiger partial charge in [-0.3, -0.25) is 0 Å². The number of hydrogen-bond donors (Lipinski definition) is 1. The van der Waals surface area contributed by atoms with Crippen molar-refractivity contribution in [3.05, 3.63) is 0 Å². The summed E-state index contributed by atoms with van der Waals surface area (Å²) < 4.78 is 0. The zero-order chi connectivity index (χ0) is 6.27. The fourth-order valence-electron chi connectivity index (χ4n) is 2.15. The molecule has 2 nitrogen and oxygen atoms in total. The van der Waals surface area contributed by atoms with E-state index in [1.807, 2.05) is 0 Å². The quantitative estimate of drug-likeness (QED) is 0.387. The Morgan fingerprint density at radius 2 is 2.33 bits per heavy atom. The van der Waals surface area contributed by atoms with Gasteiger partial charge in [-0.1, -0.05) is 5.16 Å². The second kappa shape index (κ2) is 1.72. The third kappa shape index (κ3) is 0.655. The molecule has 2 aliphatic carbocycles. The number of hydrogen-bond acceptors (Lipinski definition) is 2. The Bertz CT molecular complexity index is 153. The van der Waals surface area contributed by atoms with Crippen LogP contribution < -0.4 is 0 Å². The van der Waals surface area contributed by atoms with Crippen molar-refractivity contribution in [1.29, 1.82) is 0 Å². The molecule has 0 spiro atoms. The molecule has 0 heterocycles. The van der Waals surface area contributed by atoms with Gasteiger partial charge in [0.15, 0.2) is 0 Å². The van der Waals surface area contributed by atoms with Crippen molar-refractivity contribution in [3.8, 4) is 0 Å². The molecule has 9 heavy (non-hydrogen) atoms. The minimum absolute atomic E-state index is 0.653. The Hall–Kier alpha value is -0.530. The Balaban J connectivity index is 2.18. The SMILES string of the molecule is O/N=C1/CC2CCC1C2. The lowest BCUT2D eigenvalue weighted by Gasteiger charge is -2.08. The van der Waals surface area contributed by atoms with Crippen LogP contribution in [0.3, 0.4) is 0 Å². The van der Waals surface area contributed by atoms with Crippen molar-refractivity contribution < 1.29 is 5.21 Å². The van der Waals surface area contributed by atoms with Crippen molar-refractivity contribution in [2.24, 2.45) is 17.0 Å². The van der Waals surface area contributed by atoms with E-state index in [4.69, 9.17) is 5.21 Å². The molecule has 2 bridgehead atoms. The number of nitrogens with zero attached hydrogens (tertiary/aromatic N) is 1. The van der Waals surface area contributed by atoms with E-state index in [9.17, 15) is 0 Å². The maximum atomic E-state index is 8.48. The fraction of sp³-hybridized carbons (Fsp3) is 0.857. The standard InChI is InChI=1S/C7H11NO/c9-8-7-4-5-1-2-6(7)3-5/h5-6,9H,1-4H2/b8-7-. The summed E-state index contributed by atoms with van der Waals surface area (Å²) in [6, 6.07) is 0. The van der Waals surface area contributed by atoms with Crippen LogP contribution in [0.1, 0.15) is 25.7 Å². The molecule has 0 saturated heterocycles. The Morgan fingerprint density at radius 3 is 2.67 bits per heavy atom. The lowest BCUT2D eigenvalue weighted by molar-refractivity contribution is 0.313. The van der Waals surface area contributed by atoms with Gasteiger partial charge in [0.2, 0.25) is 0 Å². The normalized spacial score (nSPS) is 44.7. The van der Waals surface area contributed by atoms with Crippen LogP contribution in [0.5, 0.6) is 0 Å². The first-order chi connectivity index (χ1) is 4.40. The van der Waals surface area contributed by atoms with Gasteiger partial charge >= 0.3 is 0 Å². The molecule has 2 heteroatoms. The van der Waals surface area contributed by atoms with Gasteiger partial charge in [0.1, 0.15) is 0 Å². The summed E-state index contributed by atoms with van der Waals surface area (Å²) in [5.74, 6) is 1.51. The van der Waals surface area contributed by atoms with Crippen LogP contribution in [0.4, 0.5) is 0 Å². The monoisotopic (exact) mass is 125 g/mol. The van der Waals surface area contributed by atoms with E-state index < -0.39 is 0 Å². The number of oxime groups is 1. The zero-order valence-electron chi connectivity index (χ0n) is 5.38. The van der Waals surface area contributed by atoms with E-state index in [2.05, 4.69) is 5.16 Å². The van der Waals surface area contributed by atoms with Gasteiger partial charge in [0.05, 0.1) is 5.71 Å². The lowest BCUT2D eigenvalue weighted by atomic mass is 9.99. The highest BCUT2D eigenvalue weighted by molar-refractivity contribution is 5.89. The molecule has 0 aromatic rings. The molecule has 2 atom stereocenters. The minimum atomic E-state index is 0.653. The highest BCUT2D eigenvalue weighted by Crippen LogP contribution is 2.42. The first-order valence-corrected chi connectivity index (χ1v) is 3.61. The molecule has 50 valence electrons. The van der Waals surface area contributed by atoms with Crippen LogP contribution in [0.2, 0.25) is 0 Å². The van der Waals surface area contributed by atoms with Crippen molar-refractivity contribution in [3.63, 3.8) is 0 Å². The van der Waals surface area contributed by atoms with Gasteiger partial charge in [-0.15, -0.1) is 0 Å². The highest BCUT2D eigenvalue weighted by atomic mass is 16.4. The van der Waals surface area contributed by atoms with Crippen molar-refractivity contribution in [2.75, 3.05) is 0 Å². The van der Waals surface area contributed by atoms with Crippen LogP contribution >= 0.6 is 0 Å². The van der Waals surface area contributed by atoms with Crippen LogP contribution in [-0.2, 0) is 0 Å². The highest BCUT2D eigenvalue weighted by Gasteiger charge is 2.36. The van der Waals surface area contributed by atoms with Gasteiger partial charge in [-0.2, -0.15) is 0 Å². The van der Waals surface area contributed by atoms with E-state index in [-0.39, 0.29) is 0 Å². The smallest absolute Gasteiger partial charge is 0.0604 e.